The third-order valence-electron chi connectivity index (χ3n) is 5.99. The number of carbonyl (C=O) groups is 3. The van der Waals surface area contributed by atoms with E-state index in [4.69, 9.17) is 9.47 Å². The summed E-state index contributed by atoms with van der Waals surface area (Å²) < 4.78 is 13.1. The van der Waals surface area contributed by atoms with Crippen LogP contribution in [0.25, 0.3) is 6.08 Å². The molecule has 0 spiro atoms. The van der Waals surface area contributed by atoms with Crippen LogP contribution in [0.3, 0.4) is 0 Å². The summed E-state index contributed by atoms with van der Waals surface area (Å²) in [6, 6.07) is 18.1. The van der Waals surface area contributed by atoms with Gasteiger partial charge in [0.1, 0.15) is 18.8 Å². The van der Waals surface area contributed by atoms with E-state index in [0.29, 0.717) is 42.4 Å². The number of carbonyl (C=O) groups excluding carboxylic acids is 3. The number of hydrogen-bond acceptors (Lipinski definition) is 5. The van der Waals surface area contributed by atoms with E-state index in [2.05, 4.69) is 33.1 Å². The maximum Gasteiger partial charge on any atom is 0.329 e. The first-order valence-corrected chi connectivity index (χ1v) is 13.6. The summed E-state index contributed by atoms with van der Waals surface area (Å²) in [6.07, 6.45) is 3.82. The molecule has 0 saturated carbocycles. The second-order valence-electron chi connectivity index (χ2n) is 9.15. The predicted octanol–water partition coefficient (Wildman–Crippen LogP) is 6.00. The highest BCUT2D eigenvalue weighted by Gasteiger charge is 2.35. The van der Waals surface area contributed by atoms with Gasteiger partial charge in [-0.25, -0.2) is 9.69 Å². The van der Waals surface area contributed by atoms with Crippen molar-refractivity contribution in [2.45, 2.75) is 26.9 Å². The van der Waals surface area contributed by atoms with Gasteiger partial charge in [0.25, 0.3) is 5.91 Å². The molecule has 0 aromatic heterocycles. The number of imide groups is 1. The summed E-state index contributed by atoms with van der Waals surface area (Å²) in [5.74, 6) is 0.0257. The van der Waals surface area contributed by atoms with E-state index in [1.54, 1.807) is 30.4 Å². The van der Waals surface area contributed by atoms with Crippen molar-refractivity contribution in [3.8, 4) is 11.5 Å². The zero-order chi connectivity index (χ0) is 28.6. The normalized spacial score (nSPS) is 13.8. The van der Waals surface area contributed by atoms with Gasteiger partial charge in [-0.05, 0) is 79.4 Å². The lowest BCUT2D eigenvalue weighted by atomic mass is 10.0. The van der Waals surface area contributed by atoms with E-state index in [1.165, 1.54) is 0 Å². The molecule has 9 heteroatoms. The largest absolute Gasteiger partial charge is 0.490 e. The van der Waals surface area contributed by atoms with E-state index < -0.39 is 24.4 Å². The highest BCUT2D eigenvalue weighted by atomic mass is 79.9. The van der Waals surface area contributed by atoms with Crippen molar-refractivity contribution in [1.82, 2.24) is 10.2 Å². The fraction of sp³-hybridized carbons (Fsp3) is 0.194. The number of ether oxygens (including phenoxy) is 2. The number of aryl methyl sites for hydroxylation is 1. The average Bonchev–Trinajstić information content (AvgIpc) is 3.16. The molecule has 1 heterocycles. The molecule has 2 N–H and O–H groups in total. The smallest absolute Gasteiger partial charge is 0.329 e. The maximum atomic E-state index is 13.1. The molecular weight excluding hydrogens is 574 g/mol. The Kier molecular flexibility index (Phi) is 9.39. The molecule has 1 fully saturated rings. The number of halogens is 1. The van der Waals surface area contributed by atoms with Gasteiger partial charge < -0.3 is 20.1 Å². The van der Waals surface area contributed by atoms with Gasteiger partial charge in [0.15, 0.2) is 11.5 Å². The summed E-state index contributed by atoms with van der Waals surface area (Å²) in [6.45, 7) is 7.96. The molecule has 0 bridgehead atoms. The van der Waals surface area contributed by atoms with Crippen LogP contribution in [0, 0.1) is 6.92 Å². The van der Waals surface area contributed by atoms with Crippen molar-refractivity contribution in [3.63, 3.8) is 0 Å². The molecule has 0 unspecified atom stereocenters. The summed E-state index contributed by atoms with van der Waals surface area (Å²) in [5, 5.41) is 5.29. The minimum Gasteiger partial charge on any atom is -0.490 e. The summed E-state index contributed by atoms with van der Waals surface area (Å²) in [5.41, 5.74) is 4.07. The molecule has 0 aliphatic carbocycles. The first-order chi connectivity index (χ1) is 19.3. The second kappa shape index (κ2) is 13.1. The molecule has 4 amide bonds. The van der Waals surface area contributed by atoms with Crippen LogP contribution >= 0.6 is 15.9 Å². The number of rotatable bonds is 11. The third-order valence-corrected chi connectivity index (χ3v) is 6.52. The number of amides is 4. The van der Waals surface area contributed by atoms with Gasteiger partial charge in [0, 0.05) is 15.7 Å². The molecule has 8 nitrogen and oxygen atoms in total. The number of anilines is 1. The molecule has 0 atom stereocenters. The van der Waals surface area contributed by atoms with Gasteiger partial charge in [-0.15, -0.1) is 6.58 Å². The Bertz CT molecular complexity index is 1470. The first kappa shape index (κ1) is 28.6. The number of benzene rings is 3. The SMILES string of the molecule is C=CCc1cc(/C=C2/NC(=O)N(CC(=O)Nc3cccc(C)c3)C2=O)cc(OCC)c1OCc1ccc(Br)cc1. The zero-order valence-electron chi connectivity index (χ0n) is 22.3. The Hall–Kier alpha value is -4.37. The van der Waals surface area contributed by atoms with Gasteiger partial charge in [-0.2, -0.15) is 0 Å². The topological polar surface area (TPSA) is 97.0 Å². The molecule has 1 saturated heterocycles. The van der Waals surface area contributed by atoms with E-state index in [1.807, 2.05) is 56.3 Å². The van der Waals surface area contributed by atoms with Gasteiger partial charge in [0.05, 0.1) is 6.61 Å². The van der Waals surface area contributed by atoms with Crippen molar-refractivity contribution < 1.29 is 23.9 Å². The van der Waals surface area contributed by atoms with E-state index in [9.17, 15) is 14.4 Å². The number of urea groups is 1. The Morgan fingerprint density at radius 1 is 1.10 bits per heavy atom. The molecule has 1 aliphatic rings. The van der Waals surface area contributed by atoms with Crippen molar-refractivity contribution in [2.24, 2.45) is 0 Å². The van der Waals surface area contributed by atoms with E-state index in [0.717, 1.165) is 26.1 Å². The monoisotopic (exact) mass is 603 g/mol. The minimum absolute atomic E-state index is 0.0592. The van der Waals surface area contributed by atoms with Crippen molar-refractivity contribution in [1.29, 1.82) is 0 Å². The molecule has 40 heavy (non-hydrogen) atoms. The Morgan fingerprint density at radius 2 is 1.88 bits per heavy atom. The first-order valence-electron chi connectivity index (χ1n) is 12.8. The van der Waals surface area contributed by atoms with Crippen LogP contribution in [-0.2, 0) is 22.6 Å². The Balaban J connectivity index is 1.54. The number of nitrogens with zero attached hydrogens (tertiary/aromatic N) is 1. The fourth-order valence-electron chi connectivity index (χ4n) is 4.19. The van der Waals surface area contributed by atoms with Crippen LogP contribution in [0.2, 0.25) is 0 Å². The standard InChI is InChI=1S/C31H30BrN3O5/c1-4-7-23-15-22(17-27(39-5-2)29(23)40-19-21-10-12-24(32)13-11-21)16-26-30(37)35(31(38)34-26)18-28(36)33-25-9-6-8-20(3)14-25/h4,6,8-17H,1,5,7,18-19H2,2-3H3,(H,33,36)(H,34,38)/b26-16+. The second-order valence-corrected chi connectivity index (χ2v) is 10.1. The van der Waals surface area contributed by atoms with Crippen LogP contribution in [-0.4, -0.2) is 35.9 Å². The van der Waals surface area contributed by atoms with Crippen molar-refractivity contribution >= 4 is 45.5 Å². The average molecular weight is 605 g/mol. The van der Waals surface area contributed by atoms with Crippen LogP contribution < -0.4 is 20.1 Å². The quantitative estimate of drug-likeness (QED) is 0.159. The van der Waals surface area contributed by atoms with Gasteiger partial charge >= 0.3 is 6.03 Å². The highest BCUT2D eigenvalue weighted by molar-refractivity contribution is 9.10. The van der Waals surface area contributed by atoms with Crippen LogP contribution in [0.1, 0.15) is 29.2 Å². The zero-order valence-corrected chi connectivity index (χ0v) is 23.9. The summed E-state index contributed by atoms with van der Waals surface area (Å²) in [4.78, 5) is 39.0. The molecule has 4 rings (SSSR count). The summed E-state index contributed by atoms with van der Waals surface area (Å²) >= 11 is 3.44. The van der Waals surface area contributed by atoms with Crippen molar-refractivity contribution in [3.05, 3.63) is 106 Å². The van der Waals surface area contributed by atoms with Gasteiger partial charge in [0.2, 0.25) is 5.91 Å². The third kappa shape index (κ3) is 7.18. The van der Waals surface area contributed by atoms with Gasteiger partial charge in [-0.3, -0.25) is 9.59 Å². The fourth-order valence-corrected chi connectivity index (χ4v) is 4.45. The maximum absolute atomic E-state index is 13.1. The Labute approximate surface area is 241 Å². The van der Waals surface area contributed by atoms with Crippen molar-refractivity contribution in [2.75, 3.05) is 18.5 Å². The number of hydrogen-bond donors (Lipinski definition) is 2. The summed E-state index contributed by atoms with van der Waals surface area (Å²) in [7, 11) is 0. The van der Waals surface area contributed by atoms with E-state index >= 15 is 0 Å². The van der Waals surface area contributed by atoms with Crippen LogP contribution in [0.15, 0.2) is 83.5 Å². The molecular formula is C31H30BrN3O5. The molecule has 3 aromatic rings. The van der Waals surface area contributed by atoms with Crippen LogP contribution in [0.4, 0.5) is 10.5 Å². The minimum atomic E-state index is -0.665. The Morgan fingerprint density at radius 3 is 2.58 bits per heavy atom. The number of nitrogens with one attached hydrogen (secondary N) is 2. The molecule has 3 aromatic carbocycles. The lowest BCUT2D eigenvalue weighted by Crippen LogP contribution is -2.38. The van der Waals surface area contributed by atoms with E-state index in [-0.39, 0.29) is 5.70 Å². The number of allylic oxidation sites excluding steroid dienone is 1. The molecule has 1 aliphatic heterocycles. The highest BCUT2D eigenvalue weighted by Crippen LogP contribution is 2.35. The van der Waals surface area contributed by atoms with Crippen LogP contribution in [0.5, 0.6) is 11.5 Å². The lowest BCUT2D eigenvalue weighted by Gasteiger charge is -2.17. The predicted molar refractivity (Wildman–Crippen MR) is 158 cm³/mol. The molecule has 0 radical (unpaired) electrons. The molecule has 206 valence electrons. The van der Waals surface area contributed by atoms with Gasteiger partial charge in [-0.1, -0.05) is 46.3 Å². The lowest BCUT2D eigenvalue weighted by molar-refractivity contribution is -0.127.